The Morgan fingerprint density at radius 2 is 1.75 bits per heavy atom. The van der Waals surface area contributed by atoms with Crippen molar-refractivity contribution in [3.63, 3.8) is 0 Å². The van der Waals surface area contributed by atoms with Gasteiger partial charge in [0.1, 0.15) is 5.75 Å². The molecule has 0 aliphatic heterocycles. The van der Waals surface area contributed by atoms with Crippen LogP contribution in [0.2, 0.25) is 19.6 Å². The first-order valence-corrected chi connectivity index (χ1v) is 11.7. The second-order valence-corrected chi connectivity index (χ2v) is 13.0. The first kappa shape index (κ1) is 17.8. The fraction of sp³-hybridized carbons (Fsp3) is 0.647. The van der Waals surface area contributed by atoms with Crippen molar-refractivity contribution >= 4 is 24.2 Å². The predicted octanol–water partition coefficient (Wildman–Crippen LogP) is 6.47. The van der Waals surface area contributed by atoms with Gasteiger partial charge in [-0.1, -0.05) is 50.5 Å². The molecule has 0 bridgehead atoms. The minimum absolute atomic E-state index is 0.0843. The Balaban J connectivity index is 3.54. The Labute approximate surface area is 134 Å². The van der Waals surface area contributed by atoms with Crippen LogP contribution in [0, 0.1) is 0 Å². The van der Waals surface area contributed by atoms with Crippen LogP contribution in [0.3, 0.4) is 0 Å². The molecule has 0 amide bonds. The Bertz CT molecular complexity index is 469. The minimum atomic E-state index is -1.63. The third-order valence-electron chi connectivity index (χ3n) is 3.44. The van der Waals surface area contributed by atoms with Gasteiger partial charge in [0.25, 0.3) is 0 Å². The molecule has 0 saturated heterocycles. The fourth-order valence-electron chi connectivity index (χ4n) is 2.18. The van der Waals surface area contributed by atoms with Gasteiger partial charge >= 0.3 is 0 Å². The summed E-state index contributed by atoms with van der Waals surface area (Å²) in [5.74, 6) is 1.65. The second-order valence-electron chi connectivity index (χ2n) is 7.65. The predicted molar refractivity (Wildman–Crippen MR) is 95.5 cm³/mol. The summed E-state index contributed by atoms with van der Waals surface area (Å²) in [6, 6.07) is 4.46. The monoisotopic (exact) mass is 356 g/mol. The number of hydrogen-bond donors (Lipinski definition) is 0. The fourth-order valence-corrected chi connectivity index (χ4v) is 3.49. The zero-order valence-electron chi connectivity index (χ0n) is 14.2. The lowest BCUT2D eigenvalue weighted by Crippen LogP contribution is -2.31. The maximum atomic E-state index is 6.49. The average Bonchev–Trinajstić information content (AvgIpc) is 2.26. The first-order valence-electron chi connectivity index (χ1n) is 7.48. The molecule has 1 aromatic carbocycles. The highest BCUT2D eigenvalue weighted by molar-refractivity contribution is 9.10. The van der Waals surface area contributed by atoms with E-state index in [-0.39, 0.29) is 5.41 Å². The molecule has 0 aliphatic carbocycles. The van der Waals surface area contributed by atoms with Crippen molar-refractivity contribution in [3.05, 3.63) is 27.7 Å². The van der Waals surface area contributed by atoms with E-state index in [1.54, 1.807) is 0 Å². The largest absolute Gasteiger partial charge is 0.544 e. The van der Waals surface area contributed by atoms with Crippen LogP contribution in [0.4, 0.5) is 0 Å². The van der Waals surface area contributed by atoms with Crippen molar-refractivity contribution in [3.8, 4) is 5.75 Å². The second kappa shape index (κ2) is 6.23. The molecule has 0 spiro atoms. The minimum Gasteiger partial charge on any atom is -0.544 e. The van der Waals surface area contributed by atoms with Crippen molar-refractivity contribution < 1.29 is 4.43 Å². The van der Waals surface area contributed by atoms with Crippen molar-refractivity contribution in [1.82, 2.24) is 0 Å². The zero-order valence-corrected chi connectivity index (χ0v) is 16.8. The van der Waals surface area contributed by atoms with Crippen LogP contribution in [0.1, 0.15) is 58.1 Å². The van der Waals surface area contributed by atoms with E-state index < -0.39 is 8.32 Å². The van der Waals surface area contributed by atoms with E-state index in [0.717, 1.165) is 16.6 Å². The van der Waals surface area contributed by atoms with E-state index in [0.29, 0.717) is 5.92 Å². The summed E-state index contributed by atoms with van der Waals surface area (Å²) in [5, 5.41) is 0. The summed E-state index contributed by atoms with van der Waals surface area (Å²) in [4.78, 5) is 0. The molecule has 1 unspecified atom stereocenters. The van der Waals surface area contributed by atoms with Crippen LogP contribution >= 0.6 is 15.9 Å². The van der Waals surface area contributed by atoms with Crippen LogP contribution in [0.5, 0.6) is 5.75 Å². The van der Waals surface area contributed by atoms with Gasteiger partial charge < -0.3 is 4.43 Å². The summed E-state index contributed by atoms with van der Waals surface area (Å²) in [6.07, 6.45) is 1.13. The maximum Gasteiger partial charge on any atom is 0.242 e. The summed E-state index contributed by atoms with van der Waals surface area (Å²) >= 11 is 3.67. The standard InChI is InChI=1S/C17H29BrOSi/c1-9-12(2)14-10-13(18)11-15(17(3,4)5)16(14)19-20(6,7)8/h10-12H,9H2,1-8H3. The van der Waals surface area contributed by atoms with Gasteiger partial charge in [0.2, 0.25) is 8.32 Å². The van der Waals surface area contributed by atoms with E-state index in [9.17, 15) is 0 Å². The van der Waals surface area contributed by atoms with Crippen molar-refractivity contribution in [2.75, 3.05) is 0 Å². The summed E-state index contributed by atoms with van der Waals surface area (Å²) in [7, 11) is -1.63. The molecular weight excluding hydrogens is 328 g/mol. The maximum absolute atomic E-state index is 6.49. The Kier molecular flexibility index (Phi) is 5.53. The molecule has 0 aromatic heterocycles. The highest BCUT2D eigenvalue weighted by Gasteiger charge is 2.27. The van der Waals surface area contributed by atoms with Gasteiger partial charge in [-0.2, -0.15) is 0 Å². The van der Waals surface area contributed by atoms with E-state index in [1.807, 2.05) is 0 Å². The molecule has 1 nitrogen and oxygen atoms in total. The molecule has 0 aliphatic rings. The molecule has 1 atom stereocenters. The van der Waals surface area contributed by atoms with Crippen LogP contribution in [0.25, 0.3) is 0 Å². The highest BCUT2D eigenvalue weighted by atomic mass is 79.9. The average molecular weight is 357 g/mol. The van der Waals surface area contributed by atoms with Gasteiger partial charge in [0.15, 0.2) is 0 Å². The van der Waals surface area contributed by atoms with Crippen LogP contribution < -0.4 is 4.43 Å². The molecule has 0 saturated carbocycles. The molecular formula is C17H29BrOSi. The lowest BCUT2D eigenvalue weighted by Gasteiger charge is -2.31. The van der Waals surface area contributed by atoms with Crippen molar-refractivity contribution in [1.29, 1.82) is 0 Å². The third-order valence-corrected chi connectivity index (χ3v) is 4.72. The third kappa shape index (κ3) is 4.63. The Morgan fingerprint density at radius 1 is 1.20 bits per heavy atom. The molecule has 3 heteroatoms. The van der Waals surface area contributed by atoms with Crippen molar-refractivity contribution in [2.45, 2.75) is 72.0 Å². The molecule has 0 heterocycles. The van der Waals surface area contributed by atoms with Crippen LogP contribution in [-0.4, -0.2) is 8.32 Å². The van der Waals surface area contributed by atoms with Crippen LogP contribution in [0.15, 0.2) is 16.6 Å². The quantitative estimate of drug-likeness (QED) is 0.561. The normalized spacial score (nSPS) is 14.2. The van der Waals surface area contributed by atoms with E-state index >= 15 is 0 Å². The SMILES string of the molecule is CCC(C)c1cc(Br)cc(C(C)(C)C)c1O[Si](C)(C)C. The summed E-state index contributed by atoms with van der Waals surface area (Å²) in [5.41, 5.74) is 2.74. The number of rotatable bonds is 4. The summed E-state index contributed by atoms with van der Waals surface area (Å²) < 4.78 is 7.64. The van der Waals surface area contributed by atoms with E-state index in [1.165, 1.54) is 11.1 Å². The number of halogens is 1. The van der Waals surface area contributed by atoms with Crippen LogP contribution in [-0.2, 0) is 5.41 Å². The topological polar surface area (TPSA) is 9.23 Å². The summed E-state index contributed by atoms with van der Waals surface area (Å²) in [6.45, 7) is 18.0. The molecule has 1 rings (SSSR count). The highest BCUT2D eigenvalue weighted by Crippen LogP contribution is 2.41. The lowest BCUT2D eigenvalue weighted by molar-refractivity contribution is 0.495. The number of hydrogen-bond acceptors (Lipinski definition) is 1. The first-order chi connectivity index (χ1) is 8.95. The molecule has 20 heavy (non-hydrogen) atoms. The molecule has 0 radical (unpaired) electrons. The molecule has 0 N–H and O–H groups in total. The van der Waals surface area contributed by atoms with Gasteiger partial charge in [0, 0.05) is 4.47 Å². The van der Waals surface area contributed by atoms with E-state index in [2.05, 4.69) is 82.3 Å². The Hall–Kier alpha value is -0.283. The van der Waals surface area contributed by atoms with Gasteiger partial charge in [-0.15, -0.1) is 0 Å². The number of benzene rings is 1. The molecule has 114 valence electrons. The molecule has 0 fully saturated rings. The van der Waals surface area contributed by atoms with Gasteiger partial charge in [0.05, 0.1) is 0 Å². The van der Waals surface area contributed by atoms with E-state index in [4.69, 9.17) is 4.43 Å². The Morgan fingerprint density at radius 3 is 2.15 bits per heavy atom. The molecule has 1 aromatic rings. The zero-order chi connectivity index (χ0) is 15.7. The smallest absolute Gasteiger partial charge is 0.242 e. The van der Waals surface area contributed by atoms with Crippen molar-refractivity contribution in [2.24, 2.45) is 0 Å². The lowest BCUT2D eigenvalue weighted by atomic mass is 9.83. The van der Waals surface area contributed by atoms with Gasteiger partial charge in [-0.05, 0) is 60.7 Å². The van der Waals surface area contributed by atoms with Gasteiger partial charge in [-0.25, -0.2) is 0 Å². The van der Waals surface area contributed by atoms with Gasteiger partial charge in [-0.3, -0.25) is 0 Å².